The molecule has 4 bridgehead atoms. The molecule has 2 aliphatic heterocycles. The molecule has 1 atom stereocenters. The van der Waals surface area contributed by atoms with Crippen molar-refractivity contribution >= 4 is 21.9 Å². The van der Waals surface area contributed by atoms with E-state index in [1.54, 1.807) is 23.1 Å². The van der Waals surface area contributed by atoms with E-state index in [0.29, 0.717) is 30.9 Å². The predicted octanol–water partition coefficient (Wildman–Crippen LogP) is 4.32. The molecule has 10 heteroatoms. The van der Waals surface area contributed by atoms with Crippen LogP contribution in [0.3, 0.4) is 0 Å². The minimum Gasteiger partial charge on any atom is -0.475 e. The van der Waals surface area contributed by atoms with E-state index in [9.17, 15) is 13.2 Å². The van der Waals surface area contributed by atoms with Gasteiger partial charge in [-0.05, 0) is 55.2 Å². The number of carbonyl (C=O) groups excluding carboxylic acids is 1. The van der Waals surface area contributed by atoms with Gasteiger partial charge in [0.15, 0.2) is 0 Å². The van der Waals surface area contributed by atoms with Crippen LogP contribution in [0.15, 0.2) is 83.8 Å². The molecule has 1 aromatic heterocycles. The standard InChI is InChI=1S/C32H33N5O4S/c1-22-8-6-9-23(2)30(22)28-19-29-34-32(33-28)35-42(39,40)27-13-7-12-25(18-27)31(38)37-17-16-36(20-26(37)21-41-29)15-14-24-10-4-3-5-11-24/h3-13,18-19,26H,14-17,20-21H2,1-2H3,(H,33,34,35)/t26-/m1/s1. The van der Waals surface area contributed by atoms with E-state index in [2.05, 4.69) is 31.7 Å². The summed E-state index contributed by atoms with van der Waals surface area (Å²) in [6.45, 7) is 6.85. The Labute approximate surface area is 246 Å². The Bertz CT molecular complexity index is 1710. The predicted molar refractivity (Wildman–Crippen MR) is 161 cm³/mol. The minimum absolute atomic E-state index is 0.0332. The maximum absolute atomic E-state index is 13.8. The van der Waals surface area contributed by atoms with Crippen molar-refractivity contribution in [2.24, 2.45) is 0 Å². The van der Waals surface area contributed by atoms with Crippen molar-refractivity contribution < 1.29 is 17.9 Å². The third-order valence-corrected chi connectivity index (χ3v) is 9.19. The summed E-state index contributed by atoms with van der Waals surface area (Å²) in [5, 5.41) is 0. The van der Waals surface area contributed by atoms with Gasteiger partial charge in [-0.25, -0.2) is 18.1 Å². The fraction of sp³-hybridized carbons (Fsp3) is 0.281. The number of benzene rings is 3. The first-order valence-electron chi connectivity index (χ1n) is 14.1. The van der Waals surface area contributed by atoms with Crippen LogP contribution in [0.1, 0.15) is 27.0 Å². The van der Waals surface area contributed by atoms with Crippen molar-refractivity contribution in [3.05, 3.63) is 101 Å². The van der Waals surface area contributed by atoms with Gasteiger partial charge >= 0.3 is 0 Å². The first-order chi connectivity index (χ1) is 20.3. The molecule has 9 nitrogen and oxygen atoms in total. The van der Waals surface area contributed by atoms with E-state index >= 15 is 0 Å². The molecule has 0 saturated carbocycles. The lowest BCUT2D eigenvalue weighted by Crippen LogP contribution is -2.57. The van der Waals surface area contributed by atoms with Crippen LogP contribution in [-0.2, 0) is 16.4 Å². The van der Waals surface area contributed by atoms with E-state index in [0.717, 1.165) is 29.7 Å². The van der Waals surface area contributed by atoms with Crippen LogP contribution in [-0.4, -0.2) is 72.9 Å². The number of aryl methyl sites for hydroxylation is 2. The number of fused-ring (bicyclic) bond motifs is 5. The van der Waals surface area contributed by atoms with Gasteiger partial charge in [0.05, 0.1) is 16.6 Å². The first-order valence-corrected chi connectivity index (χ1v) is 15.5. The SMILES string of the molecule is Cc1cccc(C)c1-c1cc2nc(n1)NS(=O)(=O)c1cccc(c1)C(=O)N1CCN(CCc3ccccc3)C[C@@H]1CO2. The van der Waals surface area contributed by atoms with Gasteiger partial charge in [0, 0.05) is 43.4 Å². The van der Waals surface area contributed by atoms with E-state index in [1.165, 1.54) is 17.7 Å². The van der Waals surface area contributed by atoms with Crippen molar-refractivity contribution in [2.45, 2.75) is 31.2 Å². The minimum atomic E-state index is -4.08. The smallest absolute Gasteiger partial charge is 0.264 e. The largest absolute Gasteiger partial charge is 0.475 e. The Morgan fingerprint density at radius 1 is 0.929 bits per heavy atom. The topological polar surface area (TPSA) is 105 Å². The van der Waals surface area contributed by atoms with Crippen molar-refractivity contribution in [1.82, 2.24) is 19.8 Å². The molecule has 2 aliphatic rings. The highest BCUT2D eigenvalue weighted by Crippen LogP contribution is 2.30. The number of hydrogen-bond acceptors (Lipinski definition) is 7. The summed E-state index contributed by atoms with van der Waals surface area (Å²) in [6.07, 6.45) is 0.905. The van der Waals surface area contributed by atoms with E-state index < -0.39 is 10.0 Å². The number of sulfonamides is 1. The first kappa shape index (κ1) is 27.9. The monoisotopic (exact) mass is 583 g/mol. The maximum atomic E-state index is 13.8. The Kier molecular flexibility index (Phi) is 7.66. The fourth-order valence-electron chi connectivity index (χ4n) is 5.68. The molecule has 3 heterocycles. The molecule has 216 valence electrons. The molecule has 1 saturated heterocycles. The summed E-state index contributed by atoms with van der Waals surface area (Å²) in [7, 11) is -4.08. The second-order valence-electron chi connectivity index (χ2n) is 10.8. The molecule has 1 fully saturated rings. The Hall–Kier alpha value is -4.28. The summed E-state index contributed by atoms with van der Waals surface area (Å²) < 4.78 is 35.6. The zero-order valence-electron chi connectivity index (χ0n) is 23.7. The van der Waals surface area contributed by atoms with E-state index in [4.69, 9.17) is 4.74 Å². The van der Waals surface area contributed by atoms with Crippen molar-refractivity contribution in [2.75, 3.05) is 37.5 Å². The van der Waals surface area contributed by atoms with E-state index in [1.807, 2.05) is 50.2 Å². The molecule has 0 unspecified atom stereocenters. The molecule has 0 aliphatic carbocycles. The Morgan fingerprint density at radius 3 is 2.48 bits per heavy atom. The number of piperazine rings is 1. The second kappa shape index (κ2) is 11.5. The second-order valence-corrected chi connectivity index (χ2v) is 12.5. The van der Waals surface area contributed by atoms with Crippen LogP contribution in [0.5, 0.6) is 5.88 Å². The summed E-state index contributed by atoms with van der Waals surface area (Å²) in [6, 6.07) is 23.9. The van der Waals surface area contributed by atoms with Gasteiger partial charge in [-0.3, -0.25) is 9.69 Å². The zero-order chi connectivity index (χ0) is 29.3. The number of anilines is 1. The third-order valence-electron chi connectivity index (χ3n) is 7.87. The quantitative estimate of drug-likeness (QED) is 0.382. The molecule has 0 radical (unpaired) electrons. The molecule has 4 aromatic rings. The van der Waals surface area contributed by atoms with Crippen LogP contribution >= 0.6 is 0 Å². The number of hydrogen-bond donors (Lipinski definition) is 1. The van der Waals surface area contributed by atoms with Gasteiger partial charge in [0.25, 0.3) is 15.9 Å². The van der Waals surface area contributed by atoms with Gasteiger partial charge in [0.2, 0.25) is 11.8 Å². The highest BCUT2D eigenvalue weighted by Gasteiger charge is 2.33. The van der Waals surface area contributed by atoms with Crippen LogP contribution in [0.2, 0.25) is 0 Å². The summed E-state index contributed by atoms with van der Waals surface area (Å²) >= 11 is 0. The normalized spacial score (nSPS) is 18.5. The van der Waals surface area contributed by atoms with Crippen molar-refractivity contribution in [1.29, 1.82) is 0 Å². The number of aromatic nitrogens is 2. The third kappa shape index (κ3) is 5.86. The number of carbonyl (C=O) groups is 1. The number of nitrogens with zero attached hydrogens (tertiary/aromatic N) is 4. The Morgan fingerprint density at radius 2 is 1.69 bits per heavy atom. The molecule has 6 rings (SSSR count). The number of nitrogens with one attached hydrogen (secondary N) is 1. The zero-order valence-corrected chi connectivity index (χ0v) is 24.5. The Balaban J connectivity index is 1.37. The molecular weight excluding hydrogens is 550 g/mol. The number of amides is 1. The molecule has 42 heavy (non-hydrogen) atoms. The molecule has 3 aromatic carbocycles. The van der Waals surface area contributed by atoms with Gasteiger partial charge in [-0.15, -0.1) is 0 Å². The molecule has 1 N–H and O–H groups in total. The molecule has 0 spiro atoms. The van der Waals surface area contributed by atoms with Crippen LogP contribution in [0.25, 0.3) is 11.3 Å². The highest BCUT2D eigenvalue weighted by atomic mass is 32.2. The lowest BCUT2D eigenvalue weighted by molar-refractivity contribution is 0.0331. The van der Waals surface area contributed by atoms with Crippen molar-refractivity contribution in [3.63, 3.8) is 0 Å². The van der Waals surface area contributed by atoms with Crippen LogP contribution in [0, 0.1) is 13.8 Å². The van der Waals surface area contributed by atoms with Crippen LogP contribution in [0.4, 0.5) is 5.95 Å². The van der Waals surface area contributed by atoms with Crippen LogP contribution < -0.4 is 9.46 Å². The summed E-state index contributed by atoms with van der Waals surface area (Å²) in [5.74, 6) is -0.0807. The van der Waals surface area contributed by atoms with E-state index in [-0.39, 0.29) is 35.3 Å². The lowest BCUT2D eigenvalue weighted by atomic mass is 10.00. The fourth-order valence-corrected chi connectivity index (χ4v) is 6.67. The van der Waals surface area contributed by atoms with Gasteiger partial charge in [-0.1, -0.05) is 54.6 Å². The summed E-state index contributed by atoms with van der Waals surface area (Å²) in [5.41, 5.74) is 5.01. The molecular formula is C32H33N5O4S. The van der Waals surface area contributed by atoms with Gasteiger partial charge in [-0.2, -0.15) is 4.98 Å². The lowest BCUT2D eigenvalue weighted by Gasteiger charge is -2.41. The van der Waals surface area contributed by atoms with Gasteiger partial charge in [0.1, 0.15) is 6.61 Å². The summed E-state index contributed by atoms with van der Waals surface area (Å²) in [4.78, 5) is 26.9. The van der Waals surface area contributed by atoms with Gasteiger partial charge < -0.3 is 9.64 Å². The average molecular weight is 584 g/mol. The highest BCUT2D eigenvalue weighted by molar-refractivity contribution is 7.92. The number of ether oxygens (including phenoxy) is 1. The average Bonchev–Trinajstić information content (AvgIpc) is 2.99. The number of rotatable bonds is 4. The van der Waals surface area contributed by atoms with Crippen molar-refractivity contribution in [3.8, 4) is 17.1 Å². The maximum Gasteiger partial charge on any atom is 0.264 e. The molecule has 1 amide bonds.